The Kier molecular flexibility index (Phi) is 0.476. The zero-order valence-electron chi connectivity index (χ0n) is 2.78. The van der Waals surface area contributed by atoms with Gasteiger partial charge < -0.3 is 0 Å². The van der Waals surface area contributed by atoms with Crippen LogP contribution in [0.3, 0.4) is 0 Å². The van der Waals surface area contributed by atoms with E-state index in [1.165, 1.54) is 0 Å². The third kappa shape index (κ3) is 214. The van der Waals surface area contributed by atoms with Gasteiger partial charge in [-0.1, -0.05) is 0 Å². The molecule has 0 rings (SSSR count). The summed E-state index contributed by atoms with van der Waals surface area (Å²) in [6, 6.07) is 0. The molecule has 0 saturated carbocycles. The van der Waals surface area contributed by atoms with Gasteiger partial charge in [0, 0.05) is 0 Å². The van der Waals surface area contributed by atoms with Crippen LogP contribution in [0.25, 0.3) is 0 Å². The van der Waals surface area contributed by atoms with Crippen molar-refractivity contribution in [2.75, 3.05) is 0 Å². The summed E-state index contributed by atoms with van der Waals surface area (Å²) in [6.07, 6.45) is 0. The van der Waals surface area contributed by atoms with Crippen LogP contribution in [0.1, 0.15) is 0 Å². The molecule has 45 valence electrons. The monoisotopic (exact) mass is 289 g/mol. The Labute approximate surface area is 34.4 Å². The SMILES string of the molecule is [O]=[Ir](=[O])(=[O])(=[O])(=[O])=[O]. The maximum absolute atomic E-state index is 9.67. The van der Waals surface area contributed by atoms with Gasteiger partial charge in [0.2, 0.25) is 0 Å². The van der Waals surface area contributed by atoms with Crippen molar-refractivity contribution in [2.24, 2.45) is 0 Å². The summed E-state index contributed by atoms with van der Waals surface area (Å²) >= 11 is -9.67. The third-order valence-corrected chi connectivity index (χ3v) is 0. The summed E-state index contributed by atoms with van der Waals surface area (Å²) in [7, 11) is 0. The Morgan fingerprint density at radius 1 is 0.571 bits per heavy atom. The average Bonchev–Trinajstić information content (AvgIpc) is 0.592. The Morgan fingerprint density at radius 3 is 0.571 bits per heavy atom. The van der Waals surface area contributed by atoms with Crippen LogP contribution in [-0.4, -0.2) is 0 Å². The van der Waals surface area contributed by atoms with Gasteiger partial charge in [0.05, 0.1) is 0 Å². The first-order valence-electron chi connectivity index (χ1n) is 0.816. The molecule has 0 radical (unpaired) electrons. The number of hydrogen-bond acceptors (Lipinski definition) is 6. The van der Waals surface area contributed by atoms with Crippen LogP contribution >= 0.6 is 0 Å². The summed E-state index contributed by atoms with van der Waals surface area (Å²) in [4.78, 5) is 0. The Morgan fingerprint density at radius 2 is 0.571 bits per heavy atom. The van der Waals surface area contributed by atoms with Gasteiger partial charge >= 0.3 is 33.6 Å². The Hall–Kier alpha value is -0.551. The summed E-state index contributed by atoms with van der Waals surface area (Å²) in [5.74, 6) is 0. The van der Waals surface area contributed by atoms with Crippen LogP contribution < -0.4 is 0 Å². The molecule has 0 amide bonds. The standard InChI is InChI=1S/Ir.6O. The fourth-order valence-electron chi connectivity index (χ4n) is 0. The molecule has 0 heterocycles. The topological polar surface area (TPSA) is 102 Å². The van der Waals surface area contributed by atoms with E-state index >= 15 is 0 Å². The van der Waals surface area contributed by atoms with Crippen LogP contribution in [0.5, 0.6) is 0 Å². The molecule has 0 aliphatic rings. The fourth-order valence-corrected chi connectivity index (χ4v) is 0. The van der Waals surface area contributed by atoms with Crippen molar-refractivity contribution in [3.05, 3.63) is 0 Å². The minimum atomic E-state index is -9.67. The second kappa shape index (κ2) is 0.517. The molecule has 0 saturated heterocycles. The minimum absolute atomic E-state index is 8.67. The average molecular weight is 288 g/mol. The van der Waals surface area contributed by atoms with E-state index in [9.17, 15) is 0 Å². The second-order valence-corrected chi connectivity index (χ2v) is 6.82. The molecule has 0 atom stereocenters. The second-order valence-electron chi connectivity index (χ2n) is 0.833. The summed E-state index contributed by atoms with van der Waals surface area (Å²) in [6.45, 7) is 0. The zero-order valence-corrected chi connectivity index (χ0v) is 5.18. The van der Waals surface area contributed by atoms with Gasteiger partial charge in [-0.3, -0.25) is 0 Å². The zero-order chi connectivity index (χ0) is 6.41. The van der Waals surface area contributed by atoms with Crippen molar-refractivity contribution in [1.82, 2.24) is 0 Å². The van der Waals surface area contributed by atoms with Gasteiger partial charge in [-0.15, -0.1) is 0 Å². The number of hydrogen-bond donors (Lipinski definition) is 0. The Bertz CT molecular complexity index is 432. The van der Waals surface area contributed by atoms with Crippen molar-refractivity contribution in [3.63, 3.8) is 0 Å². The third-order valence-electron chi connectivity index (χ3n) is 0. The molecule has 0 spiro atoms. The molecule has 0 aromatic rings. The molecule has 0 aliphatic heterocycles. The van der Waals surface area contributed by atoms with Crippen LogP contribution in [0.2, 0.25) is 0 Å². The molecule has 0 aromatic carbocycles. The molecule has 0 unspecified atom stereocenters. The normalized spacial score (nSPS) is 22.3. The van der Waals surface area contributed by atoms with Crippen molar-refractivity contribution >= 4 is 0 Å². The van der Waals surface area contributed by atoms with E-state index < -0.39 is 12.6 Å². The van der Waals surface area contributed by atoms with Crippen LogP contribution in [0, 0.1) is 0 Å². The van der Waals surface area contributed by atoms with E-state index in [1.807, 2.05) is 0 Å². The molecule has 0 aromatic heterocycles. The van der Waals surface area contributed by atoms with Gasteiger partial charge in [-0.05, 0) is 0 Å². The molecule has 0 aliphatic carbocycles. The predicted octanol–water partition coefficient (Wildman–Crippen LogP) is -0.715. The summed E-state index contributed by atoms with van der Waals surface area (Å²) in [5.41, 5.74) is 0. The molecule has 0 bridgehead atoms. The molecular formula is IrO6. The van der Waals surface area contributed by atoms with Crippen molar-refractivity contribution in [2.45, 2.75) is 0 Å². The fraction of sp³-hybridized carbons (Fsp3) is 0. The van der Waals surface area contributed by atoms with Gasteiger partial charge in [0.15, 0.2) is 0 Å². The van der Waals surface area contributed by atoms with E-state index in [4.69, 9.17) is 21.0 Å². The predicted molar refractivity (Wildman–Crippen MR) is 4.12 cm³/mol. The molecule has 0 fully saturated rings. The first-order chi connectivity index (χ1) is 2.45. The maximum atomic E-state index is 8.67. The molecule has 6 nitrogen and oxygen atoms in total. The van der Waals surface area contributed by atoms with Crippen LogP contribution in [0.4, 0.5) is 0 Å². The van der Waals surface area contributed by atoms with Crippen LogP contribution in [-0.2, 0) is 33.6 Å². The molecular weight excluding hydrogens is 288 g/mol. The Balaban J connectivity index is 8.86. The van der Waals surface area contributed by atoms with Gasteiger partial charge in [-0.25, -0.2) is 0 Å². The molecule has 7 heavy (non-hydrogen) atoms. The first-order valence-corrected chi connectivity index (χ1v) is 6.68. The molecule has 0 N–H and O–H groups in total. The quantitative estimate of drug-likeness (QED) is 0.583. The molecule has 7 heteroatoms. The first kappa shape index (κ1) is 6.45. The van der Waals surface area contributed by atoms with Gasteiger partial charge in [0.25, 0.3) is 0 Å². The van der Waals surface area contributed by atoms with E-state index in [0.29, 0.717) is 0 Å². The summed E-state index contributed by atoms with van der Waals surface area (Å²) in [5, 5.41) is 0. The van der Waals surface area contributed by atoms with Crippen molar-refractivity contribution < 1.29 is 33.6 Å². The van der Waals surface area contributed by atoms with Gasteiger partial charge in [-0.2, -0.15) is 0 Å². The summed E-state index contributed by atoms with van der Waals surface area (Å²) < 4.78 is 52.0. The van der Waals surface area contributed by atoms with Gasteiger partial charge in [0.1, 0.15) is 0 Å². The van der Waals surface area contributed by atoms with Crippen LogP contribution in [0.15, 0.2) is 0 Å². The number of rotatable bonds is 0. The van der Waals surface area contributed by atoms with Crippen molar-refractivity contribution in [1.29, 1.82) is 0 Å². The van der Waals surface area contributed by atoms with E-state index in [2.05, 4.69) is 0 Å². The van der Waals surface area contributed by atoms with Crippen molar-refractivity contribution in [3.8, 4) is 0 Å². The van der Waals surface area contributed by atoms with E-state index in [1.54, 1.807) is 0 Å². The van der Waals surface area contributed by atoms with E-state index in [-0.39, 0.29) is 0 Å². The van der Waals surface area contributed by atoms with E-state index in [0.717, 1.165) is 0 Å².